The van der Waals surface area contributed by atoms with Crippen LogP contribution in [-0.4, -0.2) is 55.7 Å². The Labute approximate surface area is 96.3 Å². The Balaban J connectivity index is 4.16. The summed E-state index contributed by atoms with van der Waals surface area (Å²) in [5.74, 6) is -0.242. The average molecular weight is 252 g/mol. The summed E-state index contributed by atoms with van der Waals surface area (Å²) in [6, 6.07) is 0. The van der Waals surface area contributed by atoms with E-state index in [0.717, 1.165) is 17.7 Å². The van der Waals surface area contributed by atoms with E-state index in [1.807, 2.05) is 6.92 Å². The van der Waals surface area contributed by atoms with E-state index in [2.05, 4.69) is 0 Å². The lowest BCUT2D eigenvalue weighted by atomic mass is 10.3. The van der Waals surface area contributed by atoms with Gasteiger partial charge in [-0.3, -0.25) is 0 Å². The van der Waals surface area contributed by atoms with Crippen molar-refractivity contribution in [1.29, 1.82) is 0 Å². The fourth-order valence-electron chi connectivity index (χ4n) is 1.18. The highest BCUT2D eigenvalue weighted by atomic mass is 32.2. The van der Waals surface area contributed by atoms with Crippen LogP contribution in [-0.2, 0) is 9.84 Å². The van der Waals surface area contributed by atoms with E-state index in [1.165, 1.54) is 0 Å². The number of nitrogens with zero attached hydrogens (tertiary/aromatic N) is 1. The molecule has 0 fully saturated rings. The quantitative estimate of drug-likeness (QED) is 0.640. The summed E-state index contributed by atoms with van der Waals surface area (Å²) in [6.45, 7) is 2.43. The minimum absolute atomic E-state index is 0.0255. The Morgan fingerprint density at radius 3 is 2.38 bits per heavy atom. The van der Waals surface area contributed by atoms with Crippen molar-refractivity contribution < 1.29 is 18.3 Å². The molecule has 0 saturated carbocycles. The van der Waals surface area contributed by atoms with Crippen LogP contribution in [0, 0.1) is 0 Å². The van der Waals surface area contributed by atoms with Crippen LogP contribution in [0.2, 0.25) is 0 Å². The normalized spacial score (nSPS) is 11.4. The highest BCUT2D eigenvalue weighted by Gasteiger charge is 2.16. The standard InChI is InChI=1S/C9H20N2O4S/c1-2-3-5-11(9(12)13)6-8-16(14,15)7-4-10/h2-8,10H2,1H3,(H,12,13). The van der Waals surface area contributed by atoms with E-state index < -0.39 is 15.9 Å². The minimum atomic E-state index is -3.22. The zero-order valence-corrected chi connectivity index (χ0v) is 10.4. The van der Waals surface area contributed by atoms with E-state index in [1.54, 1.807) is 0 Å². The highest BCUT2D eigenvalue weighted by Crippen LogP contribution is 1.98. The van der Waals surface area contributed by atoms with E-state index in [4.69, 9.17) is 10.8 Å². The van der Waals surface area contributed by atoms with Gasteiger partial charge in [0.25, 0.3) is 0 Å². The summed E-state index contributed by atoms with van der Waals surface area (Å²) in [5.41, 5.74) is 5.15. The summed E-state index contributed by atoms with van der Waals surface area (Å²) in [6.07, 6.45) is 0.541. The first-order valence-corrected chi connectivity index (χ1v) is 7.13. The molecule has 0 aromatic carbocycles. The van der Waals surface area contributed by atoms with Crippen molar-refractivity contribution in [1.82, 2.24) is 4.90 Å². The third kappa shape index (κ3) is 6.62. The first-order valence-electron chi connectivity index (χ1n) is 5.31. The summed E-state index contributed by atoms with van der Waals surface area (Å²) in [5, 5.41) is 8.83. The molecule has 0 aliphatic carbocycles. The fourth-order valence-corrected chi connectivity index (χ4v) is 2.24. The van der Waals surface area contributed by atoms with Gasteiger partial charge >= 0.3 is 6.09 Å². The van der Waals surface area contributed by atoms with Crippen LogP contribution in [0.3, 0.4) is 0 Å². The first-order chi connectivity index (χ1) is 7.43. The SMILES string of the molecule is CCCCN(CCS(=O)(=O)CCN)C(=O)O. The topological polar surface area (TPSA) is 101 Å². The summed E-state index contributed by atoms with van der Waals surface area (Å²) in [7, 11) is -3.22. The Kier molecular flexibility index (Phi) is 7.07. The van der Waals surface area contributed by atoms with Crippen LogP contribution in [0.5, 0.6) is 0 Å². The van der Waals surface area contributed by atoms with Crippen LogP contribution in [0.4, 0.5) is 4.79 Å². The van der Waals surface area contributed by atoms with Gasteiger partial charge in [0, 0.05) is 19.6 Å². The number of hydrogen-bond acceptors (Lipinski definition) is 4. The molecule has 0 aliphatic rings. The average Bonchev–Trinajstić information content (AvgIpc) is 2.17. The van der Waals surface area contributed by atoms with Crippen LogP contribution in [0.1, 0.15) is 19.8 Å². The van der Waals surface area contributed by atoms with Gasteiger partial charge < -0.3 is 15.7 Å². The van der Waals surface area contributed by atoms with Gasteiger partial charge in [-0.05, 0) is 6.42 Å². The molecular formula is C9H20N2O4S. The molecule has 0 saturated heterocycles. The van der Waals surface area contributed by atoms with Crippen molar-refractivity contribution in [2.75, 3.05) is 31.1 Å². The number of unbranched alkanes of at least 4 members (excludes halogenated alkanes) is 1. The molecule has 7 heteroatoms. The number of carboxylic acid groups (broad SMARTS) is 1. The van der Waals surface area contributed by atoms with Gasteiger partial charge in [-0.15, -0.1) is 0 Å². The van der Waals surface area contributed by atoms with Crippen LogP contribution < -0.4 is 5.73 Å². The van der Waals surface area contributed by atoms with E-state index in [9.17, 15) is 13.2 Å². The maximum absolute atomic E-state index is 11.3. The molecule has 6 nitrogen and oxygen atoms in total. The molecule has 0 radical (unpaired) electrons. The van der Waals surface area contributed by atoms with Crippen molar-refractivity contribution in [2.45, 2.75) is 19.8 Å². The maximum atomic E-state index is 11.3. The highest BCUT2D eigenvalue weighted by molar-refractivity contribution is 7.91. The lowest BCUT2D eigenvalue weighted by Crippen LogP contribution is -2.35. The molecule has 3 N–H and O–H groups in total. The molecule has 0 spiro atoms. The van der Waals surface area contributed by atoms with Gasteiger partial charge in [-0.25, -0.2) is 13.2 Å². The maximum Gasteiger partial charge on any atom is 0.407 e. The summed E-state index contributed by atoms with van der Waals surface area (Å²) in [4.78, 5) is 11.9. The molecule has 0 aromatic rings. The van der Waals surface area contributed by atoms with Crippen molar-refractivity contribution in [3.63, 3.8) is 0 Å². The number of nitrogens with two attached hydrogens (primary N) is 1. The number of carbonyl (C=O) groups is 1. The molecule has 0 heterocycles. The summed E-state index contributed by atoms with van der Waals surface area (Å²) >= 11 is 0. The van der Waals surface area contributed by atoms with Gasteiger partial charge in [0.05, 0.1) is 11.5 Å². The predicted octanol–water partition coefficient (Wildman–Crippen LogP) is 0.140. The lowest BCUT2D eigenvalue weighted by Gasteiger charge is -2.18. The third-order valence-corrected chi connectivity index (χ3v) is 3.82. The number of hydrogen-bond donors (Lipinski definition) is 2. The van der Waals surface area contributed by atoms with Crippen molar-refractivity contribution in [3.8, 4) is 0 Å². The number of amides is 1. The molecule has 0 rings (SSSR count). The second-order valence-corrected chi connectivity index (χ2v) is 5.87. The second-order valence-electron chi connectivity index (χ2n) is 3.56. The summed E-state index contributed by atoms with van der Waals surface area (Å²) < 4.78 is 22.7. The van der Waals surface area contributed by atoms with Crippen LogP contribution in [0.15, 0.2) is 0 Å². The van der Waals surface area contributed by atoms with Crippen molar-refractivity contribution in [3.05, 3.63) is 0 Å². The van der Waals surface area contributed by atoms with Gasteiger partial charge in [0.2, 0.25) is 0 Å². The number of rotatable bonds is 8. The van der Waals surface area contributed by atoms with Gasteiger partial charge in [-0.2, -0.15) is 0 Å². The Hall–Kier alpha value is -0.820. The molecule has 96 valence electrons. The van der Waals surface area contributed by atoms with E-state index >= 15 is 0 Å². The van der Waals surface area contributed by atoms with Gasteiger partial charge in [0.1, 0.15) is 0 Å². The molecule has 0 bridgehead atoms. The van der Waals surface area contributed by atoms with Gasteiger partial charge in [-0.1, -0.05) is 13.3 Å². The van der Waals surface area contributed by atoms with Crippen molar-refractivity contribution >= 4 is 15.9 Å². The molecule has 0 unspecified atom stereocenters. The lowest BCUT2D eigenvalue weighted by molar-refractivity contribution is 0.147. The fraction of sp³-hybridized carbons (Fsp3) is 0.889. The molecule has 0 aliphatic heterocycles. The zero-order chi connectivity index (χ0) is 12.6. The van der Waals surface area contributed by atoms with Crippen molar-refractivity contribution in [2.24, 2.45) is 5.73 Å². The molecule has 1 amide bonds. The Morgan fingerprint density at radius 1 is 1.31 bits per heavy atom. The van der Waals surface area contributed by atoms with Crippen LogP contribution >= 0.6 is 0 Å². The smallest absolute Gasteiger partial charge is 0.407 e. The minimum Gasteiger partial charge on any atom is -0.465 e. The van der Waals surface area contributed by atoms with E-state index in [0.29, 0.717) is 6.54 Å². The molecular weight excluding hydrogens is 232 g/mol. The zero-order valence-electron chi connectivity index (χ0n) is 9.55. The predicted molar refractivity (Wildman–Crippen MR) is 62.2 cm³/mol. The molecule has 0 aromatic heterocycles. The Morgan fingerprint density at radius 2 is 1.94 bits per heavy atom. The molecule has 0 atom stereocenters. The largest absolute Gasteiger partial charge is 0.465 e. The van der Waals surface area contributed by atoms with Gasteiger partial charge in [0.15, 0.2) is 9.84 Å². The van der Waals surface area contributed by atoms with Crippen LogP contribution in [0.25, 0.3) is 0 Å². The monoisotopic (exact) mass is 252 g/mol. The Bertz CT molecular complexity index is 303. The molecule has 16 heavy (non-hydrogen) atoms. The third-order valence-electron chi connectivity index (χ3n) is 2.15. The van der Waals surface area contributed by atoms with E-state index in [-0.39, 0.29) is 24.6 Å². The second kappa shape index (κ2) is 7.45. The first kappa shape index (κ1) is 15.2. The number of sulfone groups is 1.